The fourth-order valence-electron chi connectivity index (χ4n) is 0.847. The molecule has 66 valence electrons. The Kier molecular flexibility index (Phi) is 5.16. The predicted octanol–water partition coefficient (Wildman–Crippen LogP) is 1.27. The van der Waals surface area contributed by atoms with Crippen LogP contribution in [0.5, 0.6) is 0 Å². The van der Waals surface area contributed by atoms with Crippen LogP contribution in [0.1, 0.15) is 19.8 Å². The highest BCUT2D eigenvalue weighted by Gasteiger charge is 2.03. The highest BCUT2D eigenvalue weighted by Crippen LogP contribution is 2.05. The lowest BCUT2D eigenvalue weighted by Gasteiger charge is -2.12. The molecule has 0 heterocycles. The molecule has 1 N–H and O–H groups in total. The van der Waals surface area contributed by atoms with Crippen molar-refractivity contribution in [1.82, 2.24) is 4.90 Å². The maximum absolute atomic E-state index is 9.32. The van der Waals surface area contributed by atoms with Crippen LogP contribution in [0.4, 0.5) is 0 Å². The fourth-order valence-corrected chi connectivity index (χ4v) is 0.847. The third-order valence-corrected chi connectivity index (χ3v) is 1.65. The van der Waals surface area contributed by atoms with Gasteiger partial charge in [0.1, 0.15) is 0 Å². The molecule has 0 aliphatic carbocycles. The molecule has 2 nitrogen and oxygen atoms in total. The molecule has 0 saturated heterocycles. The monoisotopic (exact) mass is 157 g/mol. The van der Waals surface area contributed by atoms with Crippen LogP contribution in [0.15, 0.2) is 12.2 Å². The van der Waals surface area contributed by atoms with E-state index in [1.54, 1.807) is 0 Å². The van der Waals surface area contributed by atoms with Crippen LogP contribution in [0.25, 0.3) is 0 Å². The van der Waals surface area contributed by atoms with E-state index in [2.05, 4.69) is 11.5 Å². The molecular formula is C9H19NO. The van der Waals surface area contributed by atoms with Gasteiger partial charge in [0.2, 0.25) is 0 Å². The summed E-state index contributed by atoms with van der Waals surface area (Å²) in [6.07, 6.45) is 1.55. The van der Waals surface area contributed by atoms with Crippen LogP contribution in [-0.4, -0.2) is 36.8 Å². The van der Waals surface area contributed by atoms with Crippen molar-refractivity contribution in [3.63, 3.8) is 0 Å². The maximum Gasteiger partial charge on any atom is 0.0745 e. The molecule has 11 heavy (non-hydrogen) atoms. The lowest BCUT2D eigenvalue weighted by Crippen LogP contribution is -2.16. The first kappa shape index (κ1) is 10.7. The Bertz CT molecular complexity index is 121. The van der Waals surface area contributed by atoms with Crippen molar-refractivity contribution in [2.24, 2.45) is 0 Å². The highest BCUT2D eigenvalue weighted by molar-refractivity contribution is 4.96. The molecule has 1 atom stereocenters. The van der Waals surface area contributed by atoms with Crippen molar-refractivity contribution < 1.29 is 5.11 Å². The normalized spacial score (nSPS) is 13.5. The van der Waals surface area contributed by atoms with Crippen molar-refractivity contribution in [3.8, 4) is 0 Å². The summed E-state index contributed by atoms with van der Waals surface area (Å²) >= 11 is 0. The second-order valence-corrected chi connectivity index (χ2v) is 3.31. The van der Waals surface area contributed by atoms with E-state index in [9.17, 15) is 5.11 Å². The van der Waals surface area contributed by atoms with Gasteiger partial charge in [0.05, 0.1) is 6.10 Å². The number of hydrogen-bond donors (Lipinski definition) is 1. The SMILES string of the molecule is C=C(C)C(O)CCCN(C)C. The van der Waals surface area contributed by atoms with E-state index in [-0.39, 0.29) is 6.10 Å². The Labute approximate surface area is 69.5 Å². The minimum atomic E-state index is -0.310. The zero-order valence-electron chi connectivity index (χ0n) is 7.80. The first-order valence-corrected chi connectivity index (χ1v) is 4.02. The Hall–Kier alpha value is -0.340. The predicted molar refractivity (Wildman–Crippen MR) is 48.6 cm³/mol. The number of rotatable bonds is 5. The molecule has 0 amide bonds. The van der Waals surface area contributed by atoms with E-state index < -0.39 is 0 Å². The van der Waals surface area contributed by atoms with E-state index in [4.69, 9.17) is 0 Å². The zero-order valence-corrected chi connectivity index (χ0v) is 7.80. The van der Waals surface area contributed by atoms with Gasteiger partial charge in [-0.15, -0.1) is 0 Å². The molecular weight excluding hydrogens is 138 g/mol. The topological polar surface area (TPSA) is 23.5 Å². The Balaban J connectivity index is 3.31. The average molecular weight is 157 g/mol. The molecule has 0 bridgehead atoms. The van der Waals surface area contributed by atoms with Gasteiger partial charge in [-0.05, 0) is 40.4 Å². The van der Waals surface area contributed by atoms with E-state index in [1.165, 1.54) is 0 Å². The van der Waals surface area contributed by atoms with Gasteiger partial charge >= 0.3 is 0 Å². The molecule has 1 unspecified atom stereocenters. The van der Waals surface area contributed by atoms with Crippen molar-refractivity contribution >= 4 is 0 Å². The maximum atomic E-state index is 9.32. The van der Waals surface area contributed by atoms with Gasteiger partial charge in [0, 0.05) is 0 Å². The lowest BCUT2D eigenvalue weighted by atomic mass is 10.1. The number of hydrogen-bond acceptors (Lipinski definition) is 2. The summed E-state index contributed by atoms with van der Waals surface area (Å²) in [6, 6.07) is 0. The van der Waals surface area contributed by atoms with Crippen molar-refractivity contribution in [2.45, 2.75) is 25.9 Å². The van der Waals surface area contributed by atoms with E-state index in [1.807, 2.05) is 21.0 Å². The fraction of sp³-hybridized carbons (Fsp3) is 0.778. The molecule has 0 aliphatic heterocycles. The molecule has 0 radical (unpaired) electrons. The minimum Gasteiger partial charge on any atom is -0.389 e. The van der Waals surface area contributed by atoms with Gasteiger partial charge in [-0.2, -0.15) is 0 Å². The summed E-state index contributed by atoms with van der Waals surface area (Å²) in [4.78, 5) is 2.12. The standard InChI is InChI=1S/C9H19NO/c1-8(2)9(11)6-5-7-10(3)4/h9,11H,1,5-7H2,2-4H3. The number of aliphatic hydroxyl groups is 1. The van der Waals surface area contributed by atoms with Crippen LogP contribution < -0.4 is 0 Å². The minimum absolute atomic E-state index is 0.310. The molecule has 2 heteroatoms. The second-order valence-electron chi connectivity index (χ2n) is 3.31. The summed E-state index contributed by atoms with van der Waals surface area (Å²) in [5, 5.41) is 9.32. The quantitative estimate of drug-likeness (QED) is 0.607. The van der Waals surface area contributed by atoms with E-state index >= 15 is 0 Å². The Morgan fingerprint density at radius 1 is 1.55 bits per heavy atom. The molecule has 0 saturated carbocycles. The Morgan fingerprint density at radius 3 is 2.45 bits per heavy atom. The van der Waals surface area contributed by atoms with Gasteiger partial charge in [0.25, 0.3) is 0 Å². The third-order valence-electron chi connectivity index (χ3n) is 1.65. The Morgan fingerprint density at radius 2 is 2.09 bits per heavy atom. The van der Waals surface area contributed by atoms with Crippen LogP contribution in [0.3, 0.4) is 0 Å². The summed E-state index contributed by atoms with van der Waals surface area (Å²) < 4.78 is 0. The summed E-state index contributed by atoms with van der Waals surface area (Å²) in [5.74, 6) is 0. The van der Waals surface area contributed by atoms with E-state index in [0.29, 0.717) is 0 Å². The zero-order chi connectivity index (χ0) is 8.85. The number of nitrogens with zero attached hydrogens (tertiary/aromatic N) is 1. The van der Waals surface area contributed by atoms with Crippen molar-refractivity contribution in [3.05, 3.63) is 12.2 Å². The summed E-state index contributed by atoms with van der Waals surface area (Å²) in [6.45, 7) is 6.58. The van der Waals surface area contributed by atoms with Gasteiger partial charge in [0.15, 0.2) is 0 Å². The third kappa shape index (κ3) is 6.07. The van der Waals surface area contributed by atoms with Crippen LogP contribution in [-0.2, 0) is 0 Å². The van der Waals surface area contributed by atoms with Crippen molar-refractivity contribution in [2.75, 3.05) is 20.6 Å². The lowest BCUT2D eigenvalue weighted by molar-refractivity contribution is 0.192. The molecule has 0 spiro atoms. The summed E-state index contributed by atoms with van der Waals surface area (Å²) in [5.41, 5.74) is 0.865. The van der Waals surface area contributed by atoms with E-state index in [0.717, 1.165) is 25.0 Å². The van der Waals surface area contributed by atoms with Gasteiger partial charge in [-0.3, -0.25) is 0 Å². The molecule has 0 aromatic rings. The van der Waals surface area contributed by atoms with Gasteiger partial charge in [-0.1, -0.05) is 12.2 Å². The molecule has 0 aromatic carbocycles. The van der Waals surface area contributed by atoms with Crippen LogP contribution in [0.2, 0.25) is 0 Å². The van der Waals surface area contributed by atoms with Crippen LogP contribution >= 0.6 is 0 Å². The van der Waals surface area contributed by atoms with Crippen molar-refractivity contribution in [1.29, 1.82) is 0 Å². The largest absolute Gasteiger partial charge is 0.389 e. The molecule has 0 fully saturated rings. The first-order valence-electron chi connectivity index (χ1n) is 4.02. The molecule has 0 rings (SSSR count). The highest BCUT2D eigenvalue weighted by atomic mass is 16.3. The molecule has 0 aliphatic rings. The first-order chi connectivity index (χ1) is 5.04. The smallest absolute Gasteiger partial charge is 0.0745 e. The molecule has 0 aromatic heterocycles. The van der Waals surface area contributed by atoms with Crippen LogP contribution in [0, 0.1) is 0 Å². The second kappa shape index (κ2) is 5.33. The van der Waals surface area contributed by atoms with Gasteiger partial charge in [-0.25, -0.2) is 0 Å². The summed E-state index contributed by atoms with van der Waals surface area (Å²) in [7, 11) is 4.07. The number of aliphatic hydroxyl groups excluding tert-OH is 1. The average Bonchev–Trinajstić information content (AvgIpc) is 1.86. The van der Waals surface area contributed by atoms with Gasteiger partial charge < -0.3 is 10.0 Å².